The van der Waals surface area contributed by atoms with Crippen molar-refractivity contribution in [1.29, 1.82) is 0 Å². The fourth-order valence-electron chi connectivity index (χ4n) is 1.78. The van der Waals surface area contributed by atoms with Crippen LogP contribution in [0, 0.1) is 0 Å². The van der Waals surface area contributed by atoms with Crippen molar-refractivity contribution in [3.63, 3.8) is 0 Å². The second-order valence-electron chi connectivity index (χ2n) is 4.60. The van der Waals surface area contributed by atoms with Crippen molar-refractivity contribution < 1.29 is 29.3 Å². The Kier molecular flexibility index (Phi) is 7.60. The Morgan fingerprint density at radius 3 is 2.48 bits per heavy atom. The van der Waals surface area contributed by atoms with E-state index in [4.69, 9.17) is 9.47 Å². The van der Waals surface area contributed by atoms with Crippen molar-refractivity contribution in [3.8, 4) is 0 Å². The minimum Gasteiger partial charge on any atom is -0.463 e. The van der Waals surface area contributed by atoms with Crippen molar-refractivity contribution in [1.82, 2.24) is 0 Å². The fourth-order valence-corrected chi connectivity index (χ4v) is 1.78. The number of carbonyl (C=O) groups excluding carboxylic acids is 2. The number of carbonyl (C=O) groups is 2. The molecule has 2 N–H and O–H groups in total. The Labute approximate surface area is 123 Å². The number of hydrogen-bond donors (Lipinski definition) is 2. The van der Waals surface area contributed by atoms with Crippen LogP contribution < -0.4 is 0 Å². The van der Waals surface area contributed by atoms with E-state index in [-0.39, 0.29) is 19.6 Å². The van der Waals surface area contributed by atoms with Gasteiger partial charge in [-0.2, -0.15) is 0 Å². The first-order chi connectivity index (χ1) is 10.0. The van der Waals surface area contributed by atoms with E-state index in [9.17, 15) is 19.8 Å². The summed E-state index contributed by atoms with van der Waals surface area (Å²) in [5.74, 6) is -0.541. The SMILES string of the molecule is CC(=O)OC[C@@H](O)[C@@H](OCc1ccccc1)[C@H](O)CC=O. The predicted octanol–water partition coefficient (Wildman–Crippen LogP) is 0.446. The zero-order valence-corrected chi connectivity index (χ0v) is 11.8. The molecule has 116 valence electrons. The summed E-state index contributed by atoms with van der Waals surface area (Å²) in [6, 6.07) is 9.21. The molecule has 3 atom stereocenters. The molecule has 0 aliphatic carbocycles. The summed E-state index contributed by atoms with van der Waals surface area (Å²) in [5, 5.41) is 19.8. The quantitative estimate of drug-likeness (QED) is 0.507. The molecule has 0 aliphatic heterocycles. The van der Waals surface area contributed by atoms with Crippen molar-refractivity contribution in [2.24, 2.45) is 0 Å². The summed E-state index contributed by atoms with van der Waals surface area (Å²) >= 11 is 0. The third kappa shape index (κ3) is 6.48. The van der Waals surface area contributed by atoms with Gasteiger partial charge in [-0.05, 0) is 5.56 Å². The predicted molar refractivity (Wildman–Crippen MR) is 74.3 cm³/mol. The Morgan fingerprint density at radius 1 is 1.24 bits per heavy atom. The molecule has 6 heteroatoms. The Balaban J connectivity index is 2.62. The van der Waals surface area contributed by atoms with E-state index in [1.807, 2.05) is 30.3 Å². The molecular formula is C15H20O6. The van der Waals surface area contributed by atoms with Crippen LogP contribution in [-0.4, -0.2) is 47.4 Å². The van der Waals surface area contributed by atoms with E-state index in [2.05, 4.69) is 0 Å². The molecular weight excluding hydrogens is 276 g/mol. The number of esters is 1. The van der Waals surface area contributed by atoms with Gasteiger partial charge >= 0.3 is 5.97 Å². The molecule has 0 aliphatic rings. The summed E-state index contributed by atoms with van der Waals surface area (Å²) < 4.78 is 10.2. The van der Waals surface area contributed by atoms with Gasteiger partial charge in [0.1, 0.15) is 25.1 Å². The van der Waals surface area contributed by atoms with Crippen LogP contribution in [0.25, 0.3) is 0 Å². The standard InChI is InChI=1S/C15H20O6/c1-11(17)20-10-14(19)15(13(18)7-8-16)21-9-12-5-3-2-4-6-12/h2-6,8,13-15,18-19H,7,9-10H2,1H3/t13-,14-,15+/m1/s1. The highest BCUT2D eigenvalue weighted by molar-refractivity contribution is 5.65. The van der Waals surface area contributed by atoms with Gasteiger partial charge in [0, 0.05) is 13.3 Å². The first-order valence-electron chi connectivity index (χ1n) is 6.63. The van der Waals surface area contributed by atoms with Gasteiger partial charge in [0.25, 0.3) is 0 Å². The minimum atomic E-state index is -1.22. The fraction of sp³-hybridized carbons (Fsp3) is 0.467. The van der Waals surface area contributed by atoms with E-state index in [1.54, 1.807) is 0 Å². The maximum Gasteiger partial charge on any atom is 0.302 e. The number of rotatable bonds is 9. The van der Waals surface area contributed by atoms with E-state index in [1.165, 1.54) is 6.92 Å². The molecule has 1 aromatic rings. The van der Waals surface area contributed by atoms with E-state index < -0.39 is 24.3 Å². The average molecular weight is 296 g/mol. The Morgan fingerprint density at radius 2 is 1.90 bits per heavy atom. The monoisotopic (exact) mass is 296 g/mol. The lowest BCUT2D eigenvalue weighted by molar-refractivity contribution is -0.155. The maximum atomic E-state index is 10.8. The number of ether oxygens (including phenoxy) is 2. The number of aliphatic hydroxyl groups is 2. The highest BCUT2D eigenvalue weighted by Gasteiger charge is 2.28. The molecule has 1 aromatic carbocycles. The average Bonchev–Trinajstić information content (AvgIpc) is 2.46. The Hall–Kier alpha value is -1.76. The summed E-state index contributed by atoms with van der Waals surface area (Å²) in [5.41, 5.74) is 0.862. The van der Waals surface area contributed by atoms with Gasteiger partial charge in [0.05, 0.1) is 12.7 Å². The molecule has 0 unspecified atom stereocenters. The van der Waals surface area contributed by atoms with Gasteiger partial charge in [-0.15, -0.1) is 0 Å². The van der Waals surface area contributed by atoms with Crippen LogP contribution in [0.5, 0.6) is 0 Å². The topological polar surface area (TPSA) is 93.1 Å². The number of hydrogen-bond acceptors (Lipinski definition) is 6. The van der Waals surface area contributed by atoms with Gasteiger partial charge in [-0.25, -0.2) is 0 Å². The first-order valence-corrected chi connectivity index (χ1v) is 6.63. The van der Waals surface area contributed by atoms with Crippen LogP contribution in [0.2, 0.25) is 0 Å². The van der Waals surface area contributed by atoms with Crippen molar-refractivity contribution in [3.05, 3.63) is 35.9 Å². The largest absolute Gasteiger partial charge is 0.463 e. The first kappa shape index (κ1) is 17.3. The number of aliphatic hydroxyl groups excluding tert-OH is 2. The van der Waals surface area contributed by atoms with Gasteiger partial charge in [0.15, 0.2) is 0 Å². The molecule has 0 radical (unpaired) electrons. The maximum absolute atomic E-state index is 10.8. The normalized spacial score (nSPS) is 15.0. The lowest BCUT2D eigenvalue weighted by Crippen LogP contribution is -2.42. The summed E-state index contributed by atoms with van der Waals surface area (Å²) in [6.07, 6.45) is -3.03. The molecule has 0 saturated carbocycles. The third-order valence-electron chi connectivity index (χ3n) is 2.84. The molecule has 0 amide bonds. The summed E-state index contributed by atoms with van der Waals surface area (Å²) in [7, 11) is 0. The summed E-state index contributed by atoms with van der Waals surface area (Å²) in [6.45, 7) is 1.08. The number of aldehydes is 1. The molecule has 0 aromatic heterocycles. The van der Waals surface area contributed by atoms with Crippen LogP contribution in [-0.2, 0) is 25.7 Å². The second kappa shape index (κ2) is 9.23. The molecule has 6 nitrogen and oxygen atoms in total. The Bertz CT molecular complexity index is 433. The van der Waals surface area contributed by atoms with Crippen molar-refractivity contribution in [2.75, 3.05) is 6.61 Å². The molecule has 21 heavy (non-hydrogen) atoms. The van der Waals surface area contributed by atoms with Crippen LogP contribution in [0.3, 0.4) is 0 Å². The van der Waals surface area contributed by atoms with Gasteiger partial charge < -0.3 is 24.5 Å². The van der Waals surface area contributed by atoms with E-state index in [0.29, 0.717) is 6.29 Å². The van der Waals surface area contributed by atoms with E-state index >= 15 is 0 Å². The van der Waals surface area contributed by atoms with Crippen molar-refractivity contribution in [2.45, 2.75) is 38.3 Å². The van der Waals surface area contributed by atoms with E-state index in [0.717, 1.165) is 5.56 Å². The van der Waals surface area contributed by atoms with Crippen LogP contribution in [0.4, 0.5) is 0 Å². The van der Waals surface area contributed by atoms with Gasteiger partial charge in [-0.3, -0.25) is 4.79 Å². The zero-order valence-electron chi connectivity index (χ0n) is 11.8. The van der Waals surface area contributed by atoms with Crippen LogP contribution in [0.1, 0.15) is 18.9 Å². The highest BCUT2D eigenvalue weighted by Crippen LogP contribution is 2.12. The molecule has 1 rings (SSSR count). The smallest absolute Gasteiger partial charge is 0.302 e. The zero-order chi connectivity index (χ0) is 15.7. The highest BCUT2D eigenvalue weighted by atomic mass is 16.6. The molecule has 0 fully saturated rings. The second-order valence-corrected chi connectivity index (χ2v) is 4.60. The molecule has 0 spiro atoms. The van der Waals surface area contributed by atoms with Crippen molar-refractivity contribution >= 4 is 12.3 Å². The van der Waals surface area contributed by atoms with Crippen LogP contribution >= 0.6 is 0 Å². The number of benzene rings is 1. The van der Waals surface area contributed by atoms with Gasteiger partial charge in [-0.1, -0.05) is 30.3 Å². The lowest BCUT2D eigenvalue weighted by Gasteiger charge is -2.26. The van der Waals surface area contributed by atoms with Crippen LogP contribution in [0.15, 0.2) is 30.3 Å². The molecule has 0 heterocycles. The molecule has 0 saturated heterocycles. The molecule has 0 bridgehead atoms. The summed E-state index contributed by atoms with van der Waals surface area (Å²) in [4.78, 5) is 21.3. The lowest BCUT2D eigenvalue weighted by atomic mass is 10.1. The minimum absolute atomic E-state index is 0.165. The third-order valence-corrected chi connectivity index (χ3v) is 2.84. The van der Waals surface area contributed by atoms with Gasteiger partial charge in [0.2, 0.25) is 0 Å².